The molecule has 1 aromatic heterocycles. The Morgan fingerprint density at radius 2 is 1.88 bits per heavy atom. The highest BCUT2D eigenvalue weighted by atomic mass is 35.5. The van der Waals surface area contributed by atoms with Gasteiger partial charge in [-0.1, -0.05) is 23.2 Å². The van der Waals surface area contributed by atoms with Gasteiger partial charge >= 0.3 is 5.97 Å². The van der Waals surface area contributed by atoms with Gasteiger partial charge in [0, 0.05) is 29.9 Å². The molecule has 2 aromatic carbocycles. The van der Waals surface area contributed by atoms with Gasteiger partial charge in [-0.2, -0.15) is 0 Å². The summed E-state index contributed by atoms with van der Waals surface area (Å²) < 4.78 is 12.1. The summed E-state index contributed by atoms with van der Waals surface area (Å²) >= 11 is 12.4. The second kappa shape index (κ2) is 7.48. The molecular formula is C19H18Cl2N2O3. The van der Waals surface area contributed by atoms with Crippen molar-refractivity contribution < 1.29 is 14.3 Å². The van der Waals surface area contributed by atoms with Gasteiger partial charge in [0.25, 0.3) is 0 Å². The largest absolute Gasteiger partial charge is 0.495 e. The van der Waals surface area contributed by atoms with Gasteiger partial charge in [-0.3, -0.25) is 0 Å². The number of methoxy groups -OCH3 is 1. The molecule has 0 saturated carbocycles. The molecule has 0 atom stereocenters. The summed E-state index contributed by atoms with van der Waals surface area (Å²) in [4.78, 5) is 12.2. The smallest absolute Gasteiger partial charge is 0.354 e. The second-order valence-corrected chi connectivity index (χ2v) is 6.46. The van der Waals surface area contributed by atoms with Crippen LogP contribution in [0.25, 0.3) is 10.9 Å². The molecule has 0 aliphatic heterocycles. The molecule has 0 bridgehead atoms. The molecule has 3 aromatic rings. The molecule has 136 valence electrons. The first kappa shape index (κ1) is 18.4. The third kappa shape index (κ3) is 3.32. The van der Waals surface area contributed by atoms with Crippen LogP contribution in [0.4, 0.5) is 11.4 Å². The van der Waals surface area contributed by atoms with Gasteiger partial charge in [-0.25, -0.2) is 4.79 Å². The lowest BCUT2D eigenvalue weighted by Gasteiger charge is -2.11. The van der Waals surface area contributed by atoms with E-state index < -0.39 is 0 Å². The van der Waals surface area contributed by atoms with Gasteiger partial charge < -0.3 is 19.4 Å². The summed E-state index contributed by atoms with van der Waals surface area (Å²) in [5.41, 5.74) is 2.80. The zero-order valence-electron chi connectivity index (χ0n) is 14.6. The highest BCUT2D eigenvalue weighted by Gasteiger charge is 2.18. The predicted octanol–water partition coefficient (Wildman–Crippen LogP) is 5.41. The van der Waals surface area contributed by atoms with Crippen LogP contribution in [-0.2, 0) is 11.8 Å². The second-order valence-electron chi connectivity index (χ2n) is 5.64. The van der Waals surface area contributed by atoms with Crippen LogP contribution < -0.4 is 10.1 Å². The molecule has 0 fully saturated rings. The van der Waals surface area contributed by atoms with Crippen LogP contribution in [0, 0.1) is 0 Å². The Bertz CT molecular complexity index is 983. The molecule has 0 saturated heterocycles. The van der Waals surface area contributed by atoms with E-state index in [1.54, 1.807) is 49.9 Å². The van der Waals surface area contributed by atoms with Gasteiger partial charge in [-0.05, 0) is 37.3 Å². The van der Waals surface area contributed by atoms with Crippen LogP contribution in [0.15, 0.2) is 36.4 Å². The number of esters is 1. The lowest BCUT2D eigenvalue weighted by Crippen LogP contribution is -2.09. The van der Waals surface area contributed by atoms with Crippen molar-refractivity contribution in [3.05, 3.63) is 52.1 Å². The highest BCUT2D eigenvalue weighted by molar-refractivity contribution is 6.36. The molecular weight excluding hydrogens is 375 g/mol. The van der Waals surface area contributed by atoms with Crippen molar-refractivity contribution in [3.63, 3.8) is 0 Å². The van der Waals surface area contributed by atoms with Crippen LogP contribution in [0.1, 0.15) is 17.4 Å². The van der Waals surface area contributed by atoms with E-state index in [1.807, 2.05) is 12.1 Å². The molecule has 1 N–H and O–H groups in total. The number of fused-ring (bicyclic) bond motifs is 1. The van der Waals surface area contributed by atoms with E-state index in [-0.39, 0.29) is 5.97 Å². The van der Waals surface area contributed by atoms with E-state index in [1.165, 1.54) is 0 Å². The van der Waals surface area contributed by atoms with Crippen LogP contribution in [-0.4, -0.2) is 24.3 Å². The minimum absolute atomic E-state index is 0.309. The Hall–Kier alpha value is -2.37. The Morgan fingerprint density at radius 3 is 2.58 bits per heavy atom. The van der Waals surface area contributed by atoms with Crippen LogP contribution in [0.3, 0.4) is 0 Å². The van der Waals surface area contributed by atoms with E-state index >= 15 is 0 Å². The Morgan fingerprint density at radius 1 is 1.15 bits per heavy atom. The van der Waals surface area contributed by atoms with Crippen molar-refractivity contribution in [2.75, 3.05) is 19.0 Å². The number of carbonyl (C=O) groups is 1. The van der Waals surface area contributed by atoms with Crippen molar-refractivity contribution >= 4 is 51.4 Å². The molecule has 0 unspecified atom stereocenters. The molecule has 3 rings (SSSR count). The zero-order valence-corrected chi connectivity index (χ0v) is 16.1. The van der Waals surface area contributed by atoms with Gasteiger partial charge in [-0.15, -0.1) is 0 Å². The molecule has 0 radical (unpaired) electrons. The van der Waals surface area contributed by atoms with Crippen molar-refractivity contribution in [2.45, 2.75) is 6.92 Å². The molecule has 5 nitrogen and oxygen atoms in total. The Kier molecular flexibility index (Phi) is 5.30. The van der Waals surface area contributed by atoms with E-state index in [4.69, 9.17) is 32.7 Å². The number of aromatic nitrogens is 1. The number of anilines is 2. The number of halogens is 2. The third-order valence-electron chi connectivity index (χ3n) is 4.06. The number of ether oxygens (including phenoxy) is 2. The average molecular weight is 393 g/mol. The Balaban J connectivity index is 2.08. The van der Waals surface area contributed by atoms with Crippen LogP contribution in [0.5, 0.6) is 5.75 Å². The van der Waals surface area contributed by atoms with Crippen molar-refractivity contribution in [1.29, 1.82) is 0 Å². The average Bonchev–Trinajstić information content (AvgIpc) is 2.98. The summed E-state index contributed by atoms with van der Waals surface area (Å²) in [5, 5.41) is 5.23. The summed E-state index contributed by atoms with van der Waals surface area (Å²) in [7, 11) is 3.35. The lowest BCUT2D eigenvalue weighted by atomic mass is 10.2. The first-order chi connectivity index (χ1) is 12.5. The van der Waals surface area contributed by atoms with Crippen LogP contribution in [0.2, 0.25) is 10.0 Å². The van der Waals surface area contributed by atoms with E-state index in [9.17, 15) is 4.79 Å². The minimum Gasteiger partial charge on any atom is -0.495 e. The fourth-order valence-corrected chi connectivity index (χ4v) is 3.31. The number of nitrogens with zero attached hydrogens (tertiary/aromatic N) is 1. The fraction of sp³-hybridized carbons (Fsp3) is 0.211. The number of hydrogen-bond donors (Lipinski definition) is 1. The van der Waals surface area contributed by atoms with E-state index in [0.29, 0.717) is 28.1 Å². The van der Waals surface area contributed by atoms with Gasteiger partial charge in [0.15, 0.2) is 0 Å². The third-order valence-corrected chi connectivity index (χ3v) is 4.68. The number of aryl methyl sites for hydroxylation is 1. The molecule has 0 aliphatic rings. The van der Waals surface area contributed by atoms with Crippen LogP contribution >= 0.6 is 23.2 Å². The van der Waals surface area contributed by atoms with Crippen molar-refractivity contribution in [2.24, 2.45) is 7.05 Å². The quantitative estimate of drug-likeness (QED) is 0.589. The first-order valence-electron chi connectivity index (χ1n) is 8.01. The molecule has 7 heteroatoms. The number of carbonyl (C=O) groups excluding carboxylic acids is 1. The normalized spacial score (nSPS) is 10.8. The zero-order chi connectivity index (χ0) is 18.8. The summed E-state index contributed by atoms with van der Waals surface area (Å²) in [6.45, 7) is 2.08. The number of nitrogens with one attached hydrogen (secondary N) is 1. The Labute approximate surface area is 161 Å². The van der Waals surface area contributed by atoms with E-state index in [0.717, 1.165) is 22.3 Å². The summed E-state index contributed by atoms with van der Waals surface area (Å²) in [5.74, 6) is 0.184. The fourth-order valence-electron chi connectivity index (χ4n) is 2.83. The number of benzene rings is 2. The van der Waals surface area contributed by atoms with Crippen molar-refractivity contribution in [3.8, 4) is 5.75 Å². The van der Waals surface area contributed by atoms with E-state index in [2.05, 4.69) is 5.32 Å². The van der Waals surface area contributed by atoms with Gasteiger partial charge in [0.2, 0.25) is 0 Å². The molecule has 0 amide bonds. The van der Waals surface area contributed by atoms with Gasteiger partial charge in [0.1, 0.15) is 11.4 Å². The van der Waals surface area contributed by atoms with Gasteiger partial charge in [0.05, 0.1) is 29.3 Å². The molecule has 0 spiro atoms. The molecule has 26 heavy (non-hydrogen) atoms. The number of rotatable bonds is 5. The highest BCUT2D eigenvalue weighted by Crippen LogP contribution is 2.35. The predicted molar refractivity (Wildman–Crippen MR) is 105 cm³/mol. The maximum absolute atomic E-state index is 12.2. The SMILES string of the molecule is CCOC(=O)c1cc2c(Nc3ccc(Cl)c(OC)c3)ccc(Cl)c2n1C. The topological polar surface area (TPSA) is 52.5 Å². The molecule has 1 heterocycles. The summed E-state index contributed by atoms with van der Waals surface area (Å²) in [6, 6.07) is 10.8. The summed E-state index contributed by atoms with van der Waals surface area (Å²) in [6.07, 6.45) is 0. The molecule has 0 aliphatic carbocycles. The monoisotopic (exact) mass is 392 g/mol. The number of hydrogen-bond acceptors (Lipinski definition) is 4. The standard InChI is InChI=1S/C19H18Cl2N2O3/c1-4-26-19(24)16-10-12-15(8-7-14(21)18(12)23(16)2)22-11-5-6-13(20)17(9-11)25-3/h5-10,22H,4H2,1-3H3. The maximum atomic E-state index is 12.2. The van der Waals surface area contributed by atoms with Crippen molar-refractivity contribution in [1.82, 2.24) is 4.57 Å². The first-order valence-corrected chi connectivity index (χ1v) is 8.77. The maximum Gasteiger partial charge on any atom is 0.354 e. The lowest BCUT2D eigenvalue weighted by molar-refractivity contribution is 0.0516. The minimum atomic E-state index is -0.388.